The Kier molecular flexibility index (Phi) is 5.54. The second kappa shape index (κ2) is 7.85. The summed E-state index contributed by atoms with van der Waals surface area (Å²) in [6.07, 6.45) is 1.73. The average molecular weight is 433 g/mol. The first-order valence-corrected chi connectivity index (χ1v) is 9.10. The van der Waals surface area contributed by atoms with Crippen molar-refractivity contribution in [3.05, 3.63) is 81.0 Å². The molecule has 3 rings (SSSR count). The Morgan fingerprint density at radius 3 is 2.58 bits per heavy atom. The molecule has 0 radical (unpaired) electrons. The Bertz CT molecular complexity index is 970. The zero-order valence-corrected chi connectivity index (χ0v) is 16.2. The van der Waals surface area contributed by atoms with Crippen LogP contribution in [0.3, 0.4) is 0 Å². The standard InChI is InChI=1S/C19H15BrClN3O2/c1-2-24-11-15(20)17(23-24)19(26)22-16-9-8-13(21)10-14(16)18(25)12-6-4-3-5-7-12/h3-11H,2H2,1H3,(H,22,26). The number of nitrogens with one attached hydrogen (secondary N) is 1. The lowest BCUT2D eigenvalue weighted by atomic mass is 10.0. The van der Waals surface area contributed by atoms with Crippen molar-refractivity contribution in [1.82, 2.24) is 9.78 Å². The molecule has 0 bridgehead atoms. The molecule has 0 aliphatic heterocycles. The molecule has 1 aromatic heterocycles. The third-order valence-corrected chi connectivity index (χ3v) is 4.58. The summed E-state index contributed by atoms with van der Waals surface area (Å²) in [5, 5.41) is 7.40. The fourth-order valence-electron chi connectivity index (χ4n) is 2.45. The van der Waals surface area contributed by atoms with Gasteiger partial charge in [-0.05, 0) is 41.1 Å². The number of hydrogen-bond acceptors (Lipinski definition) is 3. The number of benzene rings is 2. The molecular weight excluding hydrogens is 418 g/mol. The number of halogens is 2. The summed E-state index contributed by atoms with van der Waals surface area (Å²) >= 11 is 9.40. The molecule has 0 aliphatic rings. The summed E-state index contributed by atoms with van der Waals surface area (Å²) in [7, 11) is 0. The van der Waals surface area contributed by atoms with Crippen LogP contribution in [0, 0.1) is 0 Å². The molecule has 2 aromatic carbocycles. The first-order valence-electron chi connectivity index (χ1n) is 7.93. The highest BCUT2D eigenvalue weighted by atomic mass is 79.9. The van der Waals surface area contributed by atoms with Crippen molar-refractivity contribution in [2.24, 2.45) is 0 Å². The SMILES string of the molecule is CCn1cc(Br)c(C(=O)Nc2ccc(Cl)cc2C(=O)c2ccccc2)n1. The third-order valence-electron chi connectivity index (χ3n) is 3.77. The topological polar surface area (TPSA) is 64.0 Å². The predicted octanol–water partition coefficient (Wildman–Crippen LogP) is 4.80. The molecule has 7 heteroatoms. The van der Waals surface area contributed by atoms with E-state index < -0.39 is 5.91 Å². The van der Waals surface area contributed by atoms with Crippen molar-refractivity contribution >= 4 is 44.9 Å². The van der Waals surface area contributed by atoms with Crippen LogP contribution in [0.25, 0.3) is 0 Å². The van der Waals surface area contributed by atoms with Crippen LogP contribution >= 0.6 is 27.5 Å². The Balaban J connectivity index is 1.94. The summed E-state index contributed by atoms with van der Waals surface area (Å²) < 4.78 is 2.23. The van der Waals surface area contributed by atoms with Crippen LogP contribution in [-0.2, 0) is 6.54 Å². The highest BCUT2D eigenvalue weighted by Crippen LogP contribution is 2.25. The van der Waals surface area contributed by atoms with Crippen LogP contribution in [0.2, 0.25) is 5.02 Å². The third kappa shape index (κ3) is 3.86. The average Bonchev–Trinajstić information content (AvgIpc) is 3.04. The molecule has 0 fully saturated rings. The molecule has 1 N–H and O–H groups in total. The second-order valence-corrected chi connectivity index (χ2v) is 6.81. The highest BCUT2D eigenvalue weighted by molar-refractivity contribution is 9.10. The number of amides is 1. The number of aryl methyl sites for hydroxylation is 1. The van der Waals surface area contributed by atoms with Crippen molar-refractivity contribution in [2.45, 2.75) is 13.5 Å². The van der Waals surface area contributed by atoms with Gasteiger partial charge in [-0.25, -0.2) is 0 Å². The number of carbonyl (C=O) groups is 2. The molecule has 3 aromatic rings. The van der Waals surface area contributed by atoms with Crippen molar-refractivity contribution in [2.75, 3.05) is 5.32 Å². The maximum absolute atomic E-state index is 12.8. The van der Waals surface area contributed by atoms with Crippen molar-refractivity contribution < 1.29 is 9.59 Å². The Hall–Kier alpha value is -2.44. The van der Waals surface area contributed by atoms with Gasteiger partial charge in [0.15, 0.2) is 11.5 Å². The van der Waals surface area contributed by atoms with E-state index in [0.717, 1.165) is 0 Å². The van der Waals surface area contributed by atoms with E-state index in [9.17, 15) is 9.59 Å². The minimum absolute atomic E-state index is 0.221. The lowest BCUT2D eigenvalue weighted by Crippen LogP contribution is -2.16. The first kappa shape index (κ1) is 18.4. The number of hydrogen-bond donors (Lipinski definition) is 1. The summed E-state index contributed by atoms with van der Waals surface area (Å²) in [6, 6.07) is 13.6. The molecule has 5 nitrogen and oxygen atoms in total. The molecule has 1 amide bonds. The van der Waals surface area contributed by atoms with Gasteiger partial charge >= 0.3 is 0 Å². The lowest BCUT2D eigenvalue weighted by Gasteiger charge is -2.10. The first-order chi connectivity index (χ1) is 12.5. The fourth-order valence-corrected chi connectivity index (χ4v) is 3.12. The fraction of sp³-hybridized carbons (Fsp3) is 0.105. The van der Waals surface area contributed by atoms with E-state index in [1.165, 1.54) is 0 Å². The van der Waals surface area contributed by atoms with Gasteiger partial charge in [-0.2, -0.15) is 5.10 Å². The van der Waals surface area contributed by atoms with Crippen LogP contribution in [0.4, 0.5) is 5.69 Å². The van der Waals surface area contributed by atoms with Crippen LogP contribution < -0.4 is 5.32 Å². The largest absolute Gasteiger partial charge is 0.320 e. The minimum atomic E-state index is -0.409. The summed E-state index contributed by atoms with van der Waals surface area (Å²) in [6.45, 7) is 2.57. The Morgan fingerprint density at radius 2 is 1.92 bits per heavy atom. The minimum Gasteiger partial charge on any atom is -0.320 e. The summed E-state index contributed by atoms with van der Waals surface area (Å²) in [5.41, 5.74) is 1.47. The monoisotopic (exact) mass is 431 g/mol. The van der Waals surface area contributed by atoms with Gasteiger partial charge in [0.1, 0.15) is 0 Å². The van der Waals surface area contributed by atoms with Crippen LogP contribution in [-0.4, -0.2) is 21.5 Å². The predicted molar refractivity (Wildman–Crippen MR) is 105 cm³/mol. The van der Waals surface area contributed by atoms with Gasteiger partial charge in [-0.1, -0.05) is 41.9 Å². The maximum atomic E-state index is 12.8. The molecule has 0 unspecified atom stereocenters. The van der Waals surface area contributed by atoms with E-state index >= 15 is 0 Å². The highest BCUT2D eigenvalue weighted by Gasteiger charge is 2.19. The molecule has 26 heavy (non-hydrogen) atoms. The maximum Gasteiger partial charge on any atom is 0.277 e. The molecule has 0 aliphatic carbocycles. The second-order valence-electron chi connectivity index (χ2n) is 5.52. The molecule has 0 saturated carbocycles. The molecule has 132 valence electrons. The number of carbonyl (C=O) groups excluding carboxylic acids is 2. The lowest BCUT2D eigenvalue weighted by molar-refractivity contribution is 0.102. The molecule has 0 saturated heterocycles. The number of anilines is 1. The molecule has 0 atom stereocenters. The van der Waals surface area contributed by atoms with Crippen LogP contribution in [0.5, 0.6) is 0 Å². The number of nitrogens with zero attached hydrogens (tertiary/aromatic N) is 2. The zero-order chi connectivity index (χ0) is 18.7. The van der Waals surface area contributed by atoms with Gasteiger partial charge in [0.05, 0.1) is 10.2 Å². The van der Waals surface area contributed by atoms with Crippen molar-refractivity contribution in [3.63, 3.8) is 0 Å². The normalized spacial score (nSPS) is 10.6. The van der Waals surface area contributed by atoms with Crippen LogP contribution in [0.1, 0.15) is 33.3 Å². The Labute approximate surface area is 164 Å². The molecule has 1 heterocycles. The van der Waals surface area contributed by atoms with Crippen LogP contribution in [0.15, 0.2) is 59.2 Å². The smallest absolute Gasteiger partial charge is 0.277 e. The number of rotatable bonds is 5. The summed E-state index contributed by atoms with van der Waals surface area (Å²) in [4.78, 5) is 25.4. The van der Waals surface area contributed by atoms with Gasteiger partial charge in [-0.15, -0.1) is 0 Å². The van der Waals surface area contributed by atoms with Gasteiger partial charge in [-0.3, -0.25) is 14.3 Å². The van der Waals surface area contributed by atoms with E-state index in [1.54, 1.807) is 53.3 Å². The zero-order valence-electron chi connectivity index (χ0n) is 13.9. The molecule has 0 spiro atoms. The van der Waals surface area contributed by atoms with E-state index in [1.807, 2.05) is 13.0 Å². The van der Waals surface area contributed by atoms with Gasteiger partial charge in [0, 0.05) is 28.9 Å². The Morgan fingerprint density at radius 1 is 1.19 bits per heavy atom. The summed E-state index contributed by atoms with van der Waals surface area (Å²) in [5.74, 6) is -0.630. The van der Waals surface area contributed by atoms with E-state index in [-0.39, 0.29) is 11.5 Å². The van der Waals surface area contributed by atoms with Crippen molar-refractivity contribution in [1.29, 1.82) is 0 Å². The number of aromatic nitrogens is 2. The molecular formula is C19H15BrClN3O2. The van der Waals surface area contributed by atoms with E-state index in [2.05, 4.69) is 26.3 Å². The van der Waals surface area contributed by atoms with Gasteiger partial charge < -0.3 is 5.32 Å². The quantitative estimate of drug-likeness (QED) is 0.589. The van der Waals surface area contributed by atoms with Gasteiger partial charge in [0.2, 0.25) is 0 Å². The number of ketones is 1. The van der Waals surface area contributed by atoms with E-state index in [4.69, 9.17) is 11.6 Å². The van der Waals surface area contributed by atoms with E-state index in [0.29, 0.717) is 32.9 Å². The van der Waals surface area contributed by atoms with Gasteiger partial charge in [0.25, 0.3) is 5.91 Å². The van der Waals surface area contributed by atoms with Crippen molar-refractivity contribution in [3.8, 4) is 0 Å².